The van der Waals surface area contributed by atoms with Crippen molar-refractivity contribution in [3.8, 4) is 0 Å². The molecule has 0 atom stereocenters. The number of nitrogens with two attached hydrogens (primary N) is 2. The van der Waals surface area contributed by atoms with Gasteiger partial charge >= 0.3 is 0 Å². The van der Waals surface area contributed by atoms with Gasteiger partial charge in [0.15, 0.2) is 0 Å². The predicted molar refractivity (Wildman–Crippen MR) is 160 cm³/mol. The molecule has 0 amide bonds. The van der Waals surface area contributed by atoms with Crippen molar-refractivity contribution in [1.29, 1.82) is 0 Å². The van der Waals surface area contributed by atoms with Gasteiger partial charge in [-0.3, -0.25) is 0 Å². The lowest BCUT2D eigenvalue weighted by molar-refractivity contribution is 0.613. The molecule has 4 rings (SSSR count). The lowest BCUT2D eigenvalue weighted by Gasteiger charge is -2.08. The number of rotatable bonds is 12. The van der Waals surface area contributed by atoms with Crippen LogP contribution in [0.15, 0.2) is 84.9 Å². The molecular weight excluding hydrogens is 448 g/mol. The van der Waals surface area contributed by atoms with E-state index in [1.54, 1.807) is 0 Å². The number of nitrogen functional groups attached to an aromatic ring is 2. The van der Waals surface area contributed by atoms with E-state index in [0.717, 1.165) is 35.3 Å². The van der Waals surface area contributed by atoms with Crippen molar-refractivity contribution in [1.82, 2.24) is 0 Å². The Morgan fingerprint density at radius 3 is 1.11 bits per heavy atom. The Kier molecular flexibility index (Phi) is 9.43. The number of hydrogen-bond acceptors (Lipinski definition) is 2. The molecule has 0 aliphatic rings. The summed E-state index contributed by atoms with van der Waals surface area (Å²) in [5.74, 6) is 0. The standard InChI is InChI=1S/C35H42N2/c1-26-22-32(18-20-34(26)36)24-30-14-10-28(11-15-30)8-6-4-3-5-7-9-29-12-16-31(17-13-29)25-33-19-21-35(37)27(2)23-33/h10-23H,3-9,24-25,36-37H2,1-2H3. The molecule has 4 aromatic carbocycles. The van der Waals surface area contributed by atoms with Crippen LogP contribution >= 0.6 is 0 Å². The third-order valence-electron chi connectivity index (χ3n) is 7.46. The van der Waals surface area contributed by atoms with Gasteiger partial charge in [0.2, 0.25) is 0 Å². The Bertz CT molecular complexity index is 1170. The summed E-state index contributed by atoms with van der Waals surface area (Å²) in [6.07, 6.45) is 10.8. The van der Waals surface area contributed by atoms with Gasteiger partial charge in [0, 0.05) is 11.4 Å². The van der Waals surface area contributed by atoms with Crippen LogP contribution in [0, 0.1) is 13.8 Å². The van der Waals surface area contributed by atoms with Crippen molar-refractivity contribution < 1.29 is 0 Å². The predicted octanol–water partition coefficient (Wildman–Crippen LogP) is 8.39. The van der Waals surface area contributed by atoms with E-state index in [1.807, 2.05) is 12.1 Å². The molecule has 4 aromatic rings. The number of aryl methyl sites for hydroxylation is 4. The second-order valence-corrected chi connectivity index (χ2v) is 10.6. The van der Waals surface area contributed by atoms with Gasteiger partial charge in [-0.1, -0.05) is 92.1 Å². The van der Waals surface area contributed by atoms with Gasteiger partial charge < -0.3 is 11.5 Å². The molecule has 0 saturated carbocycles. The van der Waals surface area contributed by atoms with E-state index in [0.29, 0.717) is 0 Å². The van der Waals surface area contributed by atoms with E-state index in [-0.39, 0.29) is 0 Å². The molecule has 2 nitrogen and oxygen atoms in total. The molecular formula is C35H42N2. The second-order valence-electron chi connectivity index (χ2n) is 10.6. The van der Waals surface area contributed by atoms with Gasteiger partial charge in [-0.25, -0.2) is 0 Å². The van der Waals surface area contributed by atoms with Crippen molar-refractivity contribution in [2.24, 2.45) is 0 Å². The molecule has 0 unspecified atom stereocenters. The highest BCUT2D eigenvalue weighted by Crippen LogP contribution is 2.19. The zero-order chi connectivity index (χ0) is 26.0. The average molecular weight is 491 g/mol. The first-order chi connectivity index (χ1) is 18.0. The van der Waals surface area contributed by atoms with Crippen LogP contribution in [0.25, 0.3) is 0 Å². The van der Waals surface area contributed by atoms with Gasteiger partial charge in [0.25, 0.3) is 0 Å². The molecule has 4 N–H and O–H groups in total. The minimum Gasteiger partial charge on any atom is -0.399 e. The van der Waals surface area contributed by atoms with Gasteiger partial charge in [-0.05, 0) is 109 Å². The maximum atomic E-state index is 5.94. The Labute approximate surface area is 223 Å². The van der Waals surface area contributed by atoms with Crippen molar-refractivity contribution >= 4 is 11.4 Å². The molecule has 0 saturated heterocycles. The van der Waals surface area contributed by atoms with E-state index in [2.05, 4.69) is 86.6 Å². The molecule has 192 valence electrons. The molecule has 37 heavy (non-hydrogen) atoms. The fraction of sp³-hybridized carbons (Fsp3) is 0.314. The van der Waals surface area contributed by atoms with Crippen LogP contribution in [0.4, 0.5) is 11.4 Å². The smallest absolute Gasteiger partial charge is 0.0343 e. The number of unbranched alkanes of at least 4 members (excludes halogenated alkanes) is 4. The topological polar surface area (TPSA) is 52.0 Å². The third kappa shape index (κ3) is 8.25. The monoisotopic (exact) mass is 490 g/mol. The fourth-order valence-electron chi connectivity index (χ4n) is 5.00. The molecule has 0 heterocycles. The summed E-state index contributed by atoms with van der Waals surface area (Å²) >= 11 is 0. The minimum atomic E-state index is 0.870. The molecule has 0 aliphatic heterocycles. The SMILES string of the molecule is Cc1cc(Cc2ccc(CCCCCCCc3ccc(Cc4ccc(N)c(C)c4)cc3)cc2)ccc1N. The molecule has 0 aromatic heterocycles. The third-order valence-corrected chi connectivity index (χ3v) is 7.46. The zero-order valence-corrected chi connectivity index (χ0v) is 22.6. The van der Waals surface area contributed by atoms with Crippen LogP contribution < -0.4 is 11.5 Å². The lowest BCUT2D eigenvalue weighted by atomic mass is 9.98. The number of hydrogen-bond donors (Lipinski definition) is 2. The molecule has 0 spiro atoms. The van der Waals surface area contributed by atoms with Crippen molar-refractivity contribution in [3.63, 3.8) is 0 Å². The summed E-state index contributed by atoms with van der Waals surface area (Å²) in [6, 6.07) is 31.0. The molecule has 0 radical (unpaired) electrons. The minimum absolute atomic E-state index is 0.870. The largest absolute Gasteiger partial charge is 0.399 e. The highest BCUT2D eigenvalue weighted by molar-refractivity contribution is 5.49. The molecule has 0 aliphatic carbocycles. The summed E-state index contributed by atoms with van der Waals surface area (Å²) in [4.78, 5) is 0. The quantitative estimate of drug-likeness (QED) is 0.155. The van der Waals surface area contributed by atoms with Crippen LogP contribution in [0.3, 0.4) is 0 Å². The van der Waals surface area contributed by atoms with E-state index < -0.39 is 0 Å². The van der Waals surface area contributed by atoms with Gasteiger partial charge in [0.1, 0.15) is 0 Å². The summed E-state index contributed by atoms with van der Waals surface area (Å²) < 4.78 is 0. The van der Waals surface area contributed by atoms with Crippen molar-refractivity contribution in [2.75, 3.05) is 11.5 Å². The molecule has 0 fully saturated rings. The maximum Gasteiger partial charge on any atom is 0.0343 e. The summed E-state index contributed by atoms with van der Waals surface area (Å²) in [7, 11) is 0. The van der Waals surface area contributed by atoms with Crippen LogP contribution in [0.5, 0.6) is 0 Å². The summed E-state index contributed by atoms with van der Waals surface area (Å²) in [5.41, 5.74) is 24.2. The Balaban J connectivity index is 1.10. The maximum absolute atomic E-state index is 5.94. The van der Waals surface area contributed by atoms with Gasteiger partial charge in [0.05, 0.1) is 0 Å². The normalized spacial score (nSPS) is 11.1. The second kappa shape index (κ2) is 13.1. The molecule has 2 heteroatoms. The van der Waals surface area contributed by atoms with Crippen LogP contribution in [-0.4, -0.2) is 0 Å². The number of anilines is 2. The van der Waals surface area contributed by atoms with Gasteiger partial charge in [-0.2, -0.15) is 0 Å². The average Bonchev–Trinajstić information content (AvgIpc) is 2.90. The Hall–Kier alpha value is -3.52. The van der Waals surface area contributed by atoms with Crippen LogP contribution in [0.1, 0.15) is 76.6 Å². The first-order valence-electron chi connectivity index (χ1n) is 13.8. The van der Waals surface area contributed by atoms with Crippen LogP contribution in [-0.2, 0) is 25.7 Å². The van der Waals surface area contributed by atoms with E-state index in [1.165, 1.54) is 78.3 Å². The lowest BCUT2D eigenvalue weighted by Crippen LogP contribution is -1.94. The Morgan fingerprint density at radius 1 is 0.405 bits per heavy atom. The van der Waals surface area contributed by atoms with Crippen molar-refractivity contribution in [3.05, 3.63) is 129 Å². The van der Waals surface area contributed by atoms with Crippen molar-refractivity contribution in [2.45, 2.75) is 71.6 Å². The first kappa shape index (κ1) is 26.5. The Morgan fingerprint density at radius 2 is 0.730 bits per heavy atom. The molecule has 0 bridgehead atoms. The van der Waals surface area contributed by atoms with E-state index in [4.69, 9.17) is 11.5 Å². The van der Waals surface area contributed by atoms with E-state index in [9.17, 15) is 0 Å². The van der Waals surface area contributed by atoms with E-state index >= 15 is 0 Å². The van der Waals surface area contributed by atoms with Gasteiger partial charge in [-0.15, -0.1) is 0 Å². The van der Waals surface area contributed by atoms with Crippen LogP contribution in [0.2, 0.25) is 0 Å². The summed E-state index contributed by atoms with van der Waals surface area (Å²) in [6.45, 7) is 4.15. The fourth-order valence-corrected chi connectivity index (χ4v) is 5.00. The first-order valence-corrected chi connectivity index (χ1v) is 13.8. The number of benzene rings is 4. The highest BCUT2D eigenvalue weighted by Gasteiger charge is 2.02. The zero-order valence-electron chi connectivity index (χ0n) is 22.6. The summed E-state index contributed by atoms with van der Waals surface area (Å²) in [5, 5.41) is 0. The highest BCUT2D eigenvalue weighted by atomic mass is 14.6.